The zero-order valence-electron chi connectivity index (χ0n) is 19.3. The molecule has 0 fully saturated rings. The number of hydrogen-bond donors (Lipinski definition) is 1. The lowest BCUT2D eigenvalue weighted by Gasteiger charge is -2.24. The van der Waals surface area contributed by atoms with Crippen molar-refractivity contribution in [3.63, 3.8) is 0 Å². The highest BCUT2D eigenvalue weighted by atomic mass is 35.5. The molecule has 0 aliphatic heterocycles. The molecule has 0 unspecified atom stereocenters. The van der Waals surface area contributed by atoms with E-state index in [1.54, 1.807) is 32.4 Å². The number of benzene rings is 3. The first kappa shape index (κ1) is 26.3. The number of halogens is 2. The van der Waals surface area contributed by atoms with Crippen molar-refractivity contribution in [3.05, 3.63) is 83.1 Å². The standard InChI is InChI=1S/C25H26ClFN2O5S/c1-33-23-13-10-18(15-24(23)34-2)7-6-14-28-25(30)17-29(19-11-12-22(27)21(26)16-19)35(31,32)20-8-4-3-5-9-20/h3-5,8-13,15-16H,6-7,14,17H2,1-2H3,(H,28,30). The van der Waals surface area contributed by atoms with Crippen LogP contribution in [0, 0.1) is 5.82 Å². The Morgan fingerprint density at radius 3 is 2.37 bits per heavy atom. The number of hydrogen-bond acceptors (Lipinski definition) is 5. The van der Waals surface area contributed by atoms with Crippen LogP contribution < -0.4 is 19.1 Å². The van der Waals surface area contributed by atoms with E-state index in [1.165, 1.54) is 24.3 Å². The fourth-order valence-electron chi connectivity index (χ4n) is 3.42. The number of sulfonamides is 1. The average Bonchev–Trinajstić information content (AvgIpc) is 2.87. The van der Waals surface area contributed by atoms with Crippen LogP contribution in [0.2, 0.25) is 5.02 Å². The van der Waals surface area contributed by atoms with Gasteiger partial charge in [0.15, 0.2) is 11.5 Å². The van der Waals surface area contributed by atoms with Crippen LogP contribution >= 0.6 is 11.6 Å². The minimum atomic E-state index is -4.10. The summed E-state index contributed by atoms with van der Waals surface area (Å²) < 4.78 is 51.7. The highest BCUT2D eigenvalue weighted by Crippen LogP contribution is 2.29. The van der Waals surface area contributed by atoms with E-state index in [9.17, 15) is 17.6 Å². The third kappa shape index (κ3) is 6.64. The normalized spacial score (nSPS) is 11.1. The predicted molar refractivity (Wildman–Crippen MR) is 133 cm³/mol. The number of carbonyl (C=O) groups excluding carboxylic acids is 1. The minimum absolute atomic E-state index is 0.00157. The molecule has 0 saturated carbocycles. The molecule has 3 rings (SSSR count). The Bertz CT molecular complexity index is 1270. The van der Waals surface area contributed by atoms with E-state index in [-0.39, 0.29) is 15.6 Å². The van der Waals surface area contributed by atoms with Crippen LogP contribution in [0.5, 0.6) is 11.5 Å². The lowest BCUT2D eigenvalue weighted by Crippen LogP contribution is -2.41. The summed E-state index contributed by atoms with van der Waals surface area (Å²) in [7, 11) is -0.976. The second-order valence-corrected chi connectivity index (χ2v) is 9.84. The van der Waals surface area contributed by atoms with Gasteiger partial charge in [-0.3, -0.25) is 9.10 Å². The van der Waals surface area contributed by atoms with Crippen LogP contribution in [-0.2, 0) is 21.2 Å². The van der Waals surface area contributed by atoms with Gasteiger partial charge in [0.2, 0.25) is 5.91 Å². The van der Waals surface area contributed by atoms with Crippen molar-refractivity contribution in [2.75, 3.05) is 31.6 Å². The largest absolute Gasteiger partial charge is 0.493 e. The molecule has 0 aliphatic carbocycles. The summed E-state index contributed by atoms with van der Waals surface area (Å²) in [4.78, 5) is 12.7. The van der Waals surface area contributed by atoms with Crippen molar-refractivity contribution in [3.8, 4) is 11.5 Å². The summed E-state index contributed by atoms with van der Waals surface area (Å²) >= 11 is 5.88. The van der Waals surface area contributed by atoms with Crippen molar-refractivity contribution in [2.24, 2.45) is 0 Å². The molecule has 0 heterocycles. The van der Waals surface area contributed by atoms with Crippen molar-refractivity contribution in [1.82, 2.24) is 5.32 Å². The summed E-state index contributed by atoms with van der Waals surface area (Å²) in [5.74, 6) is 0.0586. The monoisotopic (exact) mass is 520 g/mol. The molecule has 0 radical (unpaired) electrons. The van der Waals surface area contributed by atoms with Gasteiger partial charge < -0.3 is 14.8 Å². The number of rotatable bonds is 11. The molecule has 3 aromatic carbocycles. The number of aryl methyl sites for hydroxylation is 1. The van der Waals surface area contributed by atoms with E-state index >= 15 is 0 Å². The van der Waals surface area contributed by atoms with Gasteiger partial charge in [0.25, 0.3) is 10.0 Å². The first-order chi connectivity index (χ1) is 16.8. The van der Waals surface area contributed by atoms with Gasteiger partial charge in [-0.25, -0.2) is 12.8 Å². The Balaban J connectivity index is 1.68. The molecule has 0 spiro atoms. The highest BCUT2D eigenvalue weighted by molar-refractivity contribution is 7.92. The Kier molecular flexibility index (Phi) is 8.95. The second kappa shape index (κ2) is 11.9. The molecule has 0 bridgehead atoms. The van der Waals surface area contributed by atoms with Crippen molar-refractivity contribution in [1.29, 1.82) is 0 Å². The average molecular weight is 521 g/mol. The van der Waals surface area contributed by atoms with Crippen LogP contribution in [0.15, 0.2) is 71.6 Å². The van der Waals surface area contributed by atoms with Gasteiger partial charge in [-0.15, -0.1) is 0 Å². The van der Waals surface area contributed by atoms with Gasteiger partial charge in [0.05, 0.1) is 29.8 Å². The Hall–Kier alpha value is -3.30. The molecule has 7 nitrogen and oxygen atoms in total. The number of anilines is 1. The van der Waals surface area contributed by atoms with Gasteiger partial charge in [0, 0.05) is 6.54 Å². The van der Waals surface area contributed by atoms with Gasteiger partial charge in [0.1, 0.15) is 12.4 Å². The van der Waals surface area contributed by atoms with E-state index in [1.807, 2.05) is 18.2 Å². The molecule has 186 valence electrons. The molecule has 0 atom stereocenters. The molecule has 0 aromatic heterocycles. The third-order valence-corrected chi connectivity index (χ3v) is 7.30. The summed E-state index contributed by atoms with van der Waals surface area (Å²) in [5.41, 5.74) is 1.09. The van der Waals surface area contributed by atoms with E-state index in [0.29, 0.717) is 30.9 Å². The zero-order valence-corrected chi connectivity index (χ0v) is 20.9. The Labute approximate surface area is 209 Å². The summed E-state index contributed by atoms with van der Waals surface area (Å²) in [6.07, 6.45) is 1.29. The van der Waals surface area contributed by atoms with Gasteiger partial charge >= 0.3 is 0 Å². The maximum atomic E-state index is 13.7. The Morgan fingerprint density at radius 1 is 1.00 bits per heavy atom. The van der Waals surface area contributed by atoms with E-state index in [4.69, 9.17) is 21.1 Å². The maximum Gasteiger partial charge on any atom is 0.264 e. The number of nitrogens with zero attached hydrogens (tertiary/aromatic N) is 1. The number of methoxy groups -OCH3 is 2. The van der Waals surface area contributed by atoms with Crippen molar-refractivity contribution < 1.29 is 27.1 Å². The first-order valence-corrected chi connectivity index (χ1v) is 12.6. The molecule has 1 amide bonds. The summed E-state index contributed by atoms with van der Waals surface area (Å²) in [6, 6.07) is 16.8. The van der Waals surface area contributed by atoms with Crippen LogP contribution in [0.3, 0.4) is 0 Å². The van der Waals surface area contributed by atoms with E-state index in [0.717, 1.165) is 15.9 Å². The fourth-order valence-corrected chi connectivity index (χ4v) is 5.03. The lowest BCUT2D eigenvalue weighted by molar-refractivity contribution is -0.119. The summed E-state index contributed by atoms with van der Waals surface area (Å²) in [5, 5.41) is 2.50. The SMILES string of the molecule is COc1ccc(CCCNC(=O)CN(c2ccc(F)c(Cl)c2)S(=O)(=O)c2ccccc2)cc1OC. The van der Waals surface area contributed by atoms with Gasteiger partial charge in [-0.1, -0.05) is 35.9 Å². The molecular weight excluding hydrogens is 495 g/mol. The topological polar surface area (TPSA) is 84.9 Å². The fraction of sp³-hybridized carbons (Fsp3) is 0.240. The van der Waals surface area contributed by atoms with Gasteiger partial charge in [-0.05, 0) is 60.9 Å². The van der Waals surface area contributed by atoms with Crippen molar-refractivity contribution in [2.45, 2.75) is 17.7 Å². The molecule has 0 aliphatic rings. The molecule has 0 saturated heterocycles. The van der Waals surface area contributed by atoms with Crippen molar-refractivity contribution >= 4 is 33.2 Å². The number of nitrogens with one attached hydrogen (secondary N) is 1. The third-order valence-electron chi connectivity index (χ3n) is 5.22. The quantitative estimate of drug-likeness (QED) is 0.378. The molecular formula is C25H26ClFN2O5S. The lowest BCUT2D eigenvalue weighted by atomic mass is 10.1. The highest BCUT2D eigenvalue weighted by Gasteiger charge is 2.27. The number of carbonyl (C=O) groups is 1. The number of ether oxygens (including phenoxy) is 2. The Morgan fingerprint density at radius 2 is 1.71 bits per heavy atom. The summed E-state index contributed by atoms with van der Waals surface area (Å²) in [6.45, 7) is -0.161. The van der Waals surface area contributed by atoms with Gasteiger partial charge in [-0.2, -0.15) is 0 Å². The van der Waals surface area contributed by atoms with Crippen LogP contribution in [0.25, 0.3) is 0 Å². The number of amides is 1. The predicted octanol–water partition coefficient (Wildman–Crippen LogP) is 4.44. The minimum Gasteiger partial charge on any atom is -0.493 e. The molecule has 3 aromatic rings. The molecule has 10 heteroatoms. The maximum absolute atomic E-state index is 13.7. The smallest absolute Gasteiger partial charge is 0.264 e. The van der Waals surface area contributed by atoms with Crippen LogP contribution in [0.1, 0.15) is 12.0 Å². The second-order valence-electron chi connectivity index (χ2n) is 7.57. The van der Waals surface area contributed by atoms with E-state index in [2.05, 4.69) is 5.32 Å². The van der Waals surface area contributed by atoms with E-state index < -0.39 is 28.3 Å². The van der Waals surface area contributed by atoms with Crippen LogP contribution in [0.4, 0.5) is 10.1 Å². The van der Waals surface area contributed by atoms with Crippen LogP contribution in [-0.4, -0.2) is 41.6 Å². The first-order valence-electron chi connectivity index (χ1n) is 10.8. The molecule has 35 heavy (non-hydrogen) atoms. The molecule has 1 N–H and O–H groups in total. The zero-order chi connectivity index (χ0) is 25.4.